The average Bonchev–Trinajstić information content (AvgIpc) is 3.01. The van der Waals surface area contributed by atoms with Gasteiger partial charge in [0.25, 0.3) is 0 Å². The molecule has 1 aromatic carbocycles. The Kier molecular flexibility index (Phi) is 2.45. The van der Waals surface area contributed by atoms with Gasteiger partial charge in [-0.2, -0.15) is 0 Å². The summed E-state index contributed by atoms with van der Waals surface area (Å²) in [6, 6.07) is 8.89. The lowest BCUT2D eigenvalue weighted by atomic mass is 9.73. The van der Waals surface area contributed by atoms with E-state index in [1.807, 2.05) is 0 Å². The molecule has 98 valence electrons. The van der Waals surface area contributed by atoms with Crippen molar-refractivity contribution in [3.63, 3.8) is 0 Å². The lowest BCUT2D eigenvalue weighted by molar-refractivity contribution is -0.428. The van der Waals surface area contributed by atoms with Crippen molar-refractivity contribution in [1.82, 2.24) is 0 Å². The highest BCUT2D eigenvalue weighted by molar-refractivity contribution is 6.01. The number of hydrogen-bond donors (Lipinski definition) is 0. The van der Waals surface area contributed by atoms with Gasteiger partial charge in [-0.15, -0.1) is 0 Å². The molecule has 3 aliphatic rings. The van der Waals surface area contributed by atoms with E-state index in [4.69, 9.17) is 0 Å². The minimum Gasteiger partial charge on any atom is -0.205 e. The van der Waals surface area contributed by atoms with Gasteiger partial charge in [0.2, 0.25) is 0 Å². The third kappa shape index (κ3) is 1.57. The minimum atomic E-state index is 0.773. The molecular formula is C18H22N+. The summed E-state index contributed by atoms with van der Waals surface area (Å²) in [6.45, 7) is 2.25. The SMILES string of the molecule is Cc1ccccc1C1=[N+](C)C=CC2C3CCC(C3)C12. The third-order valence-electron chi connectivity index (χ3n) is 5.63. The van der Waals surface area contributed by atoms with E-state index >= 15 is 0 Å². The van der Waals surface area contributed by atoms with E-state index in [0.717, 1.165) is 23.7 Å². The molecule has 4 rings (SSSR count). The molecular weight excluding hydrogens is 230 g/mol. The smallest absolute Gasteiger partial charge is 0.192 e. The number of aryl methyl sites for hydroxylation is 1. The lowest BCUT2D eigenvalue weighted by Gasteiger charge is -2.30. The topological polar surface area (TPSA) is 3.01 Å². The van der Waals surface area contributed by atoms with E-state index in [9.17, 15) is 0 Å². The molecule has 0 N–H and O–H groups in total. The van der Waals surface area contributed by atoms with Gasteiger partial charge >= 0.3 is 0 Å². The highest BCUT2D eigenvalue weighted by Gasteiger charge is 2.52. The summed E-state index contributed by atoms with van der Waals surface area (Å²) in [5.74, 6) is 3.47. The number of hydrogen-bond acceptors (Lipinski definition) is 0. The maximum Gasteiger partial charge on any atom is 0.192 e. The van der Waals surface area contributed by atoms with Crippen LogP contribution in [0.5, 0.6) is 0 Å². The number of allylic oxidation sites excluding steroid dienone is 1. The predicted octanol–water partition coefficient (Wildman–Crippen LogP) is 3.62. The summed E-state index contributed by atoms with van der Waals surface area (Å²) in [4.78, 5) is 0. The second-order valence-corrected chi connectivity index (χ2v) is 6.59. The Labute approximate surface area is 115 Å². The molecule has 0 amide bonds. The van der Waals surface area contributed by atoms with Crippen LogP contribution in [0.2, 0.25) is 0 Å². The first-order chi connectivity index (χ1) is 9.25. The largest absolute Gasteiger partial charge is 0.205 e. The standard InChI is InChI=1S/C18H22N/c1-12-5-3-4-6-15(12)18-17-14-8-7-13(11-14)16(17)9-10-19(18)2/h3-6,9-10,13-14,16-17H,7-8,11H2,1-2H3/q+1. The lowest BCUT2D eigenvalue weighted by Crippen LogP contribution is -2.36. The van der Waals surface area contributed by atoms with E-state index < -0.39 is 0 Å². The minimum absolute atomic E-state index is 0.773. The zero-order valence-electron chi connectivity index (χ0n) is 11.8. The molecule has 0 radical (unpaired) electrons. The molecule has 2 saturated carbocycles. The molecule has 1 aromatic rings. The summed E-state index contributed by atoms with van der Waals surface area (Å²) in [5.41, 5.74) is 4.47. The molecule has 1 nitrogen and oxygen atoms in total. The molecule has 19 heavy (non-hydrogen) atoms. The Hall–Kier alpha value is -1.37. The molecule has 4 atom stereocenters. The van der Waals surface area contributed by atoms with Crippen LogP contribution in [-0.4, -0.2) is 17.3 Å². The highest BCUT2D eigenvalue weighted by atomic mass is 15.0. The number of rotatable bonds is 1. The van der Waals surface area contributed by atoms with E-state index in [0.29, 0.717) is 0 Å². The Balaban J connectivity index is 1.85. The van der Waals surface area contributed by atoms with Crippen LogP contribution in [0.4, 0.5) is 0 Å². The predicted molar refractivity (Wildman–Crippen MR) is 78.4 cm³/mol. The molecule has 0 spiro atoms. The molecule has 4 unspecified atom stereocenters. The second-order valence-electron chi connectivity index (χ2n) is 6.59. The van der Waals surface area contributed by atoms with Crippen molar-refractivity contribution in [3.05, 3.63) is 47.7 Å². The van der Waals surface area contributed by atoms with Gasteiger partial charge in [0.05, 0.1) is 5.92 Å². The van der Waals surface area contributed by atoms with Gasteiger partial charge in [-0.1, -0.05) is 18.2 Å². The average molecular weight is 252 g/mol. The van der Waals surface area contributed by atoms with Crippen LogP contribution in [0.25, 0.3) is 0 Å². The summed E-state index contributed by atoms with van der Waals surface area (Å²) in [6.07, 6.45) is 9.16. The summed E-state index contributed by atoms with van der Waals surface area (Å²) in [7, 11) is 2.22. The van der Waals surface area contributed by atoms with Crippen LogP contribution in [-0.2, 0) is 0 Å². The van der Waals surface area contributed by atoms with E-state index in [1.165, 1.54) is 30.4 Å². The molecule has 2 bridgehead atoms. The fourth-order valence-electron chi connectivity index (χ4n) is 4.79. The fraction of sp³-hybridized carbons (Fsp3) is 0.500. The van der Waals surface area contributed by atoms with E-state index in [1.54, 1.807) is 5.71 Å². The van der Waals surface area contributed by atoms with Crippen LogP contribution in [0.15, 0.2) is 36.5 Å². The number of benzene rings is 1. The molecule has 1 heterocycles. The molecule has 1 aliphatic heterocycles. The van der Waals surface area contributed by atoms with Gasteiger partial charge in [-0.25, -0.2) is 4.58 Å². The molecule has 1 heteroatoms. The van der Waals surface area contributed by atoms with E-state index in [2.05, 4.69) is 55.1 Å². The maximum atomic E-state index is 2.48. The zero-order chi connectivity index (χ0) is 13.0. The maximum absolute atomic E-state index is 2.48. The van der Waals surface area contributed by atoms with Crippen LogP contribution in [0.1, 0.15) is 30.4 Å². The van der Waals surface area contributed by atoms with Crippen molar-refractivity contribution in [3.8, 4) is 0 Å². The number of fused-ring (bicyclic) bond motifs is 5. The first-order valence-corrected chi connectivity index (χ1v) is 7.59. The Morgan fingerprint density at radius 3 is 2.74 bits per heavy atom. The summed E-state index contributed by atoms with van der Waals surface area (Å²) >= 11 is 0. The van der Waals surface area contributed by atoms with E-state index in [-0.39, 0.29) is 0 Å². The quantitative estimate of drug-likeness (QED) is 0.672. The van der Waals surface area contributed by atoms with Crippen LogP contribution >= 0.6 is 0 Å². The molecule has 0 saturated heterocycles. The highest BCUT2D eigenvalue weighted by Crippen LogP contribution is 2.54. The van der Waals surface area contributed by atoms with Crippen LogP contribution in [0, 0.1) is 30.6 Å². The normalized spacial score (nSPS) is 35.9. The van der Waals surface area contributed by atoms with Gasteiger partial charge in [-0.3, -0.25) is 0 Å². The van der Waals surface area contributed by atoms with Gasteiger partial charge in [0.1, 0.15) is 7.05 Å². The Morgan fingerprint density at radius 2 is 1.89 bits per heavy atom. The van der Waals surface area contributed by atoms with Crippen molar-refractivity contribution in [2.24, 2.45) is 23.7 Å². The van der Waals surface area contributed by atoms with Crippen LogP contribution in [0.3, 0.4) is 0 Å². The van der Waals surface area contributed by atoms with Crippen LogP contribution < -0.4 is 0 Å². The van der Waals surface area contributed by atoms with Gasteiger partial charge in [-0.05, 0) is 61.6 Å². The summed E-state index contributed by atoms with van der Waals surface area (Å²) in [5, 5.41) is 0. The fourth-order valence-corrected chi connectivity index (χ4v) is 4.79. The van der Waals surface area contributed by atoms with Gasteiger partial charge in [0, 0.05) is 5.56 Å². The molecule has 2 aliphatic carbocycles. The summed E-state index contributed by atoms with van der Waals surface area (Å²) < 4.78 is 2.38. The zero-order valence-corrected chi connectivity index (χ0v) is 11.8. The van der Waals surface area contributed by atoms with Crippen molar-refractivity contribution in [2.45, 2.75) is 26.2 Å². The second kappa shape index (κ2) is 4.06. The Bertz CT molecular complexity index is 581. The van der Waals surface area contributed by atoms with Crippen molar-refractivity contribution in [1.29, 1.82) is 0 Å². The van der Waals surface area contributed by atoms with Gasteiger partial charge < -0.3 is 0 Å². The van der Waals surface area contributed by atoms with Crippen molar-refractivity contribution in [2.75, 3.05) is 7.05 Å². The Morgan fingerprint density at radius 1 is 1.11 bits per heavy atom. The first kappa shape index (κ1) is 11.5. The van der Waals surface area contributed by atoms with Gasteiger partial charge in [0.15, 0.2) is 11.9 Å². The molecule has 2 fully saturated rings. The number of nitrogens with zero attached hydrogens (tertiary/aromatic N) is 1. The van der Waals surface area contributed by atoms with Crippen molar-refractivity contribution >= 4 is 5.71 Å². The molecule has 0 aromatic heterocycles. The monoisotopic (exact) mass is 252 g/mol. The first-order valence-electron chi connectivity index (χ1n) is 7.59. The third-order valence-corrected chi connectivity index (χ3v) is 5.63. The van der Waals surface area contributed by atoms with Crippen molar-refractivity contribution < 1.29 is 4.58 Å².